The summed E-state index contributed by atoms with van der Waals surface area (Å²) in [5.74, 6) is -0.264. The summed E-state index contributed by atoms with van der Waals surface area (Å²) < 4.78 is 0. The van der Waals surface area contributed by atoms with E-state index in [1.54, 1.807) is 18.2 Å². The van der Waals surface area contributed by atoms with Gasteiger partial charge in [0, 0.05) is 30.3 Å². The van der Waals surface area contributed by atoms with E-state index in [4.69, 9.17) is 11.6 Å². The Bertz CT molecular complexity index is 739. The lowest BCUT2D eigenvalue weighted by atomic mass is 10.1. The van der Waals surface area contributed by atoms with Crippen molar-refractivity contribution in [1.29, 1.82) is 0 Å². The normalized spacial score (nSPS) is 10.6. The number of nitrogens with one attached hydrogen (secondary N) is 2. The highest BCUT2D eigenvalue weighted by Gasteiger charge is 1.98. The second kappa shape index (κ2) is 8.89. The molecule has 2 aromatic carbocycles. The van der Waals surface area contributed by atoms with Crippen molar-refractivity contribution in [3.63, 3.8) is 0 Å². The van der Waals surface area contributed by atoms with Crippen LogP contribution in [-0.4, -0.2) is 18.4 Å². The van der Waals surface area contributed by atoms with Gasteiger partial charge in [0.1, 0.15) is 0 Å². The smallest absolute Gasteiger partial charge is 0.244 e. The molecule has 4 nitrogen and oxygen atoms in total. The predicted molar refractivity (Wildman–Crippen MR) is 97.9 cm³/mol. The highest BCUT2D eigenvalue weighted by atomic mass is 35.5. The molecule has 0 bridgehead atoms. The Hall–Kier alpha value is -2.59. The van der Waals surface area contributed by atoms with Gasteiger partial charge in [-0.2, -0.15) is 0 Å². The van der Waals surface area contributed by atoms with Crippen LogP contribution in [0, 0.1) is 0 Å². The minimum Gasteiger partial charge on any atom is -0.352 e. The van der Waals surface area contributed by atoms with Crippen LogP contribution >= 0.6 is 11.6 Å². The molecule has 124 valence electrons. The molecule has 0 atom stereocenters. The van der Waals surface area contributed by atoms with Gasteiger partial charge in [-0.25, -0.2) is 0 Å². The fraction of sp³-hybridized carbons (Fsp3) is 0.158. The molecule has 0 aliphatic heterocycles. The zero-order valence-corrected chi connectivity index (χ0v) is 14.1. The summed E-state index contributed by atoms with van der Waals surface area (Å²) in [5, 5.41) is 6.22. The predicted octanol–water partition coefficient (Wildman–Crippen LogP) is 3.67. The second-order valence-corrected chi connectivity index (χ2v) is 5.74. The summed E-state index contributed by atoms with van der Waals surface area (Å²) in [7, 11) is 0. The molecule has 24 heavy (non-hydrogen) atoms. The van der Waals surface area contributed by atoms with Gasteiger partial charge in [-0.15, -0.1) is 0 Å². The van der Waals surface area contributed by atoms with Gasteiger partial charge in [0.05, 0.1) is 0 Å². The lowest BCUT2D eigenvalue weighted by molar-refractivity contribution is -0.116. The van der Waals surface area contributed by atoms with Gasteiger partial charge in [0.2, 0.25) is 11.8 Å². The third-order valence-corrected chi connectivity index (χ3v) is 3.50. The number of anilines is 1. The Balaban J connectivity index is 1.79. The molecule has 0 aliphatic carbocycles. The Morgan fingerprint density at radius 1 is 1.12 bits per heavy atom. The summed E-state index contributed by atoms with van der Waals surface area (Å²) in [6.45, 7) is 2.01. The molecule has 0 unspecified atom stereocenters. The maximum Gasteiger partial charge on any atom is 0.244 e. The molecule has 0 fully saturated rings. The Morgan fingerprint density at radius 3 is 2.54 bits per heavy atom. The van der Waals surface area contributed by atoms with Gasteiger partial charge in [0.25, 0.3) is 0 Å². The van der Waals surface area contributed by atoms with Crippen LogP contribution in [0.3, 0.4) is 0 Å². The Labute approximate surface area is 146 Å². The van der Waals surface area contributed by atoms with Crippen LogP contribution in [0.2, 0.25) is 5.02 Å². The first-order valence-corrected chi connectivity index (χ1v) is 7.99. The van der Waals surface area contributed by atoms with E-state index in [2.05, 4.69) is 10.6 Å². The van der Waals surface area contributed by atoms with E-state index in [-0.39, 0.29) is 11.8 Å². The highest BCUT2D eigenvalue weighted by Crippen LogP contribution is 2.11. The molecule has 5 heteroatoms. The summed E-state index contributed by atoms with van der Waals surface area (Å²) in [6, 6.07) is 14.8. The fourth-order valence-corrected chi connectivity index (χ4v) is 2.35. The summed E-state index contributed by atoms with van der Waals surface area (Å²) >= 11 is 5.92. The molecule has 0 aliphatic rings. The van der Waals surface area contributed by atoms with Gasteiger partial charge in [0.15, 0.2) is 0 Å². The monoisotopic (exact) mass is 342 g/mol. The first-order chi connectivity index (χ1) is 11.5. The van der Waals surface area contributed by atoms with Gasteiger partial charge < -0.3 is 10.6 Å². The van der Waals surface area contributed by atoms with Crippen LogP contribution in [0.25, 0.3) is 6.08 Å². The van der Waals surface area contributed by atoms with Crippen LogP contribution in [-0.2, 0) is 16.0 Å². The molecule has 0 saturated carbocycles. The van der Waals surface area contributed by atoms with Crippen molar-refractivity contribution in [1.82, 2.24) is 5.32 Å². The van der Waals surface area contributed by atoms with Crippen molar-refractivity contribution in [2.24, 2.45) is 0 Å². The van der Waals surface area contributed by atoms with Crippen molar-refractivity contribution < 1.29 is 9.59 Å². The van der Waals surface area contributed by atoms with Gasteiger partial charge in [-0.1, -0.05) is 35.9 Å². The first-order valence-electron chi connectivity index (χ1n) is 7.61. The highest BCUT2D eigenvalue weighted by molar-refractivity contribution is 6.30. The van der Waals surface area contributed by atoms with Crippen molar-refractivity contribution in [2.45, 2.75) is 13.3 Å². The van der Waals surface area contributed by atoms with E-state index < -0.39 is 0 Å². The molecule has 0 radical (unpaired) electrons. The molecule has 0 spiro atoms. The molecule has 2 rings (SSSR count). The average Bonchev–Trinajstić information content (AvgIpc) is 2.54. The molecule has 0 heterocycles. The van der Waals surface area contributed by atoms with E-state index in [0.29, 0.717) is 11.6 Å². The lowest BCUT2D eigenvalue weighted by Crippen LogP contribution is -2.23. The van der Waals surface area contributed by atoms with E-state index in [1.807, 2.05) is 36.4 Å². The van der Waals surface area contributed by atoms with Crippen molar-refractivity contribution in [3.05, 3.63) is 70.8 Å². The molecular weight excluding hydrogens is 324 g/mol. The molecule has 0 saturated heterocycles. The number of benzene rings is 2. The Morgan fingerprint density at radius 2 is 1.88 bits per heavy atom. The van der Waals surface area contributed by atoms with Crippen LogP contribution in [0.5, 0.6) is 0 Å². The van der Waals surface area contributed by atoms with E-state index >= 15 is 0 Å². The third kappa shape index (κ3) is 6.26. The first kappa shape index (κ1) is 17.8. The summed E-state index contributed by atoms with van der Waals surface area (Å²) in [4.78, 5) is 22.8. The van der Waals surface area contributed by atoms with Crippen LogP contribution in [0.1, 0.15) is 18.1 Å². The minimum absolute atomic E-state index is 0.114. The number of carbonyl (C=O) groups is 2. The lowest BCUT2D eigenvalue weighted by Gasteiger charge is -2.03. The third-order valence-electron chi connectivity index (χ3n) is 3.26. The maximum atomic E-state index is 11.8. The number of rotatable bonds is 6. The van der Waals surface area contributed by atoms with E-state index in [9.17, 15) is 9.59 Å². The van der Waals surface area contributed by atoms with Gasteiger partial charge in [-0.05, 0) is 47.9 Å². The summed E-state index contributed by atoms with van der Waals surface area (Å²) in [6.07, 6.45) is 3.95. The molecule has 2 aromatic rings. The quantitative estimate of drug-likeness (QED) is 0.787. The second-order valence-electron chi connectivity index (χ2n) is 5.31. The number of halogens is 1. The summed E-state index contributed by atoms with van der Waals surface area (Å²) in [5.41, 5.74) is 2.69. The van der Waals surface area contributed by atoms with Crippen LogP contribution < -0.4 is 10.6 Å². The van der Waals surface area contributed by atoms with Crippen molar-refractivity contribution in [2.75, 3.05) is 11.9 Å². The number of amides is 2. The van der Waals surface area contributed by atoms with E-state index in [0.717, 1.165) is 23.2 Å². The SMILES string of the molecule is CC(=O)Nc1ccc(/C=C/C(=O)NCCc2cccc(Cl)c2)cc1. The molecule has 2 N–H and O–H groups in total. The maximum absolute atomic E-state index is 11.8. The average molecular weight is 343 g/mol. The van der Waals surface area contributed by atoms with Gasteiger partial charge >= 0.3 is 0 Å². The van der Waals surface area contributed by atoms with Gasteiger partial charge in [-0.3, -0.25) is 9.59 Å². The number of hydrogen-bond donors (Lipinski definition) is 2. The number of hydrogen-bond acceptors (Lipinski definition) is 2. The van der Waals surface area contributed by atoms with Crippen LogP contribution in [0.4, 0.5) is 5.69 Å². The zero-order valence-electron chi connectivity index (χ0n) is 13.4. The molecular formula is C19H19ClN2O2. The largest absolute Gasteiger partial charge is 0.352 e. The standard InChI is InChI=1S/C19H19ClN2O2/c1-14(23)22-18-8-5-15(6-9-18)7-10-19(24)21-12-11-16-3-2-4-17(20)13-16/h2-10,13H,11-12H2,1H3,(H,21,24)(H,22,23)/b10-7+. The zero-order chi connectivity index (χ0) is 17.4. The van der Waals surface area contributed by atoms with Crippen LogP contribution in [0.15, 0.2) is 54.6 Å². The van der Waals surface area contributed by atoms with Crippen molar-refractivity contribution >= 4 is 35.2 Å². The fourth-order valence-electron chi connectivity index (χ4n) is 2.13. The Kier molecular flexibility index (Phi) is 6.58. The minimum atomic E-state index is -0.150. The number of carbonyl (C=O) groups excluding carboxylic acids is 2. The molecule has 2 amide bonds. The topological polar surface area (TPSA) is 58.2 Å². The van der Waals surface area contributed by atoms with Crippen molar-refractivity contribution in [3.8, 4) is 0 Å². The molecule has 0 aromatic heterocycles. The van der Waals surface area contributed by atoms with E-state index in [1.165, 1.54) is 13.0 Å².